The number of thioether (sulfide) groups is 2. The van der Waals surface area contributed by atoms with Gasteiger partial charge < -0.3 is 9.84 Å². The summed E-state index contributed by atoms with van der Waals surface area (Å²) in [6, 6.07) is 0.498. The van der Waals surface area contributed by atoms with Gasteiger partial charge in [0.25, 0.3) is 0 Å². The molecular formula is C11H17N3OS2. The van der Waals surface area contributed by atoms with Crippen LogP contribution in [0.15, 0.2) is 4.52 Å². The molecule has 3 rings (SSSR count). The third-order valence-corrected chi connectivity index (χ3v) is 5.63. The van der Waals surface area contributed by atoms with Crippen molar-refractivity contribution in [2.45, 2.75) is 30.6 Å². The molecule has 3 heterocycles. The fraction of sp³-hybridized carbons (Fsp3) is 0.818. The Morgan fingerprint density at radius 2 is 2.41 bits per heavy atom. The summed E-state index contributed by atoms with van der Waals surface area (Å²) in [4.78, 5) is 4.54. The minimum Gasteiger partial charge on any atom is -0.339 e. The third kappa shape index (κ3) is 2.98. The summed E-state index contributed by atoms with van der Waals surface area (Å²) in [6.45, 7) is 1.09. The van der Waals surface area contributed by atoms with Crippen molar-refractivity contribution >= 4 is 23.5 Å². The molecule has 2 atom stereocenters. The molecule has 0 aromatic carbocycles. The largest absolute Gasteiger partial charge is 0.339 e. The van der Waals surface area contributed by atoms with Crippen LogP contribution in [-0.4, -0.2) is 40.0 Å². The number of nitrogens with one attached hydrogen (secondary N) is 1. The van der Waals surface area contributed by atoms with Gasteiger partial charge in [0.15, 0.2) is 5.82 Å². The van der Waals surface area contributed by atoms with Gasteiger partial charge in [0, 0.05) is 30.5 Å². The molecule has 0 bridgehead atoms. The van der Waals surface area contributed by atoms with Gasteiger partial charge in [-0.25, -0.2) is 0 Å². The first kappa shape index (κ1) is 11.9. The molecule has 0 amide bonds. The van der Waals surface area contributed by atoms with Crippen LogP contribution >= 0.6 is 23.5 Å². The van der Waals surface area contributed by atoms with E-state index in [2.05, 4.69) is 15.5 Å². The lowest BCUT2D eigenvalue weighted by Crippen LogP contribution is -2.38. The van der Waals surface area contributed by atoms with Crippen LogP contribution in [0.25, 0.3) is 0 Å². The van der Waals surface area contributed by atoms with E-state index in [1.54, 1.807) is 0 Å². The van der Waals surface area contributed by atoms with Gasteiger partial charge in [0.1, 0.15) is 0 Å². The van der Waals surface area contributed by atoms with Crippen LogP contribution in [0.2, 0.25) is 0 Å². The zero-order valence-electron chi connectivity index (χ0n) is 9.72. The Kier molecular flexibility index (Phi) is 3.93. The van der Waals surface area contributed by atoms with Gasteiger partial charge in [0.2, 0.25) is 5.89 Å². The van der Waals surface area contributed by atoms with Crippen LogP contribution < -0.4 is 5.32 Å². The van der Waals surface area contributed by atoms with E-state index in [1.807, 2.05) is 23.5 Å². The van der Waals surface area contributed by atoms with Crippen molar-refractivity contribution in [2.24, 2.45) is 0 Å². The lowest BCUT2D eigenvalue weighted by molar-refractivity contribution is 0.358. The van der Waals surface area contributed by atoms with Gasteiger partial charge in [-0.3, -0.25) is 0 Å². The van der Waals surface area contributed by atoms with E-state index in [-0.39, 0.29) is 0 Å². The highest BCUT2D eigenvalue weighted by atomic mass is 32.2. The average molecular weight is 271 g/mol. The van der Waals surface area contributed by atoms with Crippen LogP contribution in [0.5, 0.6) is 0 Å². The maximum absolute atomic E-state index is 5.36. The molecule has 2 unspecified atom stereocenters. The van der Waals surface area contributed by atoms with E-state index in [4.69, 9.17) is 4.52 Å². The van der Waals surface area contributed by atoms with Gasteiger partial charge in [-0.1, -0.05) is 5.16 Å². The van der Waals surface area contributed by atoms with Crippen LogP contribution in [0.1, 0.15) is 29.8 Å². The third-order valence-electron chi connectivity index (χ3n) is 3.12. The van der Waals surface area contributed by atoms with Crippen molar-refractivity contribution in [1.29, 1.82) is 0 Å². The van der Waals surface area contributed by atoms with E-state index < -0.39 is 0 Å². The van der Waals surface area contributed by atoms with Crippen molar-refractivity contribution in [2.75, 3.05) is 23.8 Å². The first-order valence-electron chi connectivity index (χ1n) is 6.17. The van der Waals surface area contributed by atoms with Gasteiger partial charge in [-0.05, 0) is 18.6 Å². The van der Waals surface area contributed by atoms with Crippen LogP contribution in [0, 0.1) is 0 Å². The topological polar surface area (TPSA) is 51.0 Å². The SMILES string of the molecule is C1CSC(c2noc(CC3CSCCN3)n2)C1. The molecule has 0 spiro atoms. The van der Waals surface area contributed by atoms with Crippen molar-refractivity contribution in [3.05, 3.63) is 11.7 Å². The quantitative estimate of drug-likeness (QED) is 0.906. The van der Waals surface area contributed by atoms with Crippen LogP contribution in [-0.2, 0) is 6.42 Å². The van der Waals surface area contributed by atoms with E-state index in [0.29, 0.717) is 11.3 Å². The molecule has 94 valence electrons. The molecule has 0 saturated carbocycles. The minimum atomic E-state index is 0.473. The maximum atomic E-state index is 5.36. The number of hydrogen-bond acceptors (Lipinski definition) is 6. The Balaban J connectivity index is 1.59. The van der Waals surface area contributed by atoms with Gasteiger partial charge in [-0.15, -0.1) is 0 Å². The highest BCUT2D eigenvalue weighted by Gasteiger charge is 2.24. The van der Waals surface area contributed by atoms with Crippen molar-refractivity contribution in [3.63, 3.8) is 0 Å². The molecule has 1 aromatic heterocycles. The highest BCUT2D eigenvalue weighted by molar-refractivity contribution is 7.99. The molecular weight excluding hydrogens is 254 g/mol. The molecule has 4 nitrogen and oxygen atoms in total. The Hall–Kier alpha value is -0.200. The number of hydrogen-bond donors (Lipinski definition) is 1. The molecule has 2 fully saturated rings. The fourth-order valence-corrected chi connectivity index (χ4v) is 4.37. The molecule has 1 N–H and O–H groups in total. The lowest BCUT2D eigenvalue weighted by Gasteiger charge is -2.21. The number of nitrogens with zero attached hydrogens (tertiary/aromatic N) is 2. The molecule has 2 saturated heterocycles. The summed E-state index contributed by atoms with van der Waals surface area (Å²) in [5, 5.41) is 8.09. The van der Waals surface area contributed by atoms with Crippen molar-refractivity contribution < 1.29 is 4.52 Å². The highest BCUT2D eigenvalue weighted by Crippen LogP contribution is 2.38. The molecule has 0 radical (unpaired) electrons. The molecule has 1 aromatic rings. The summed E-state index contributed by atoms with van der Waals surface area (Å²) < 4.78 is 5.36. The predicted octanol–water partition coefficient (Wildman–Crippen LogP) is 1.89. The zero-order valence-corrected chi connectivity index (χ0v) is 11.4. The second-order valence-corrected chi connectivity index (χ2v) is 6.94. The molecule has 0 aliphatic carbocycles. The monoisotopic (exact) mass is 271 g/mol. The Morgan fingerprint density at radius 1 is 1.41 bits per heavy atom. The smallest absolute Gasteiger partial charge is 0.228 e. The standard InChI is InChI=1S/C11H17N3OS2/c1-2-9(17-4-1)11-13-10(15-14-11)6-8-7-16-5-3-12-8/h8-9,12H,1-7H2. The zero-order chi connectivity index (χ0) is 11.5. The van der Waals surface area contributed by atoms with Crippen molar-refractivity contribution in [3.8, 4) is 0 Å². The first-order chi connectivity index (χ1) is 8.42. The second-order valence-electron chi connectivity index (χ2n) is 4.48. The van der Waals surface area contributed by atoms with Gasteiger partial charge in [0.05, 0.1) is 5.25 Å². The van der Waals surface area contributed by atoms with Gasteiger partial charge in [-0.2, -0.15) is 28.5 Å². The van der Waals surface area contributed by atoms with E-state index in [1.165, 1.54) is 24.3 Å². The average Bonchev–Trinajstić information content (AvgIpc) is 3.00. The Morgan fingerprint density at radius 3 is 3.18 bits per heavy atom. The second kappa shape index (κ2) is 5.63. The van der Waals surface area contributed by atoms with Crippen LogP contribution in [0.3, 0.4) is 0 Å². The molecule has 2 aliphatic heterocycles. The molecule has 17 heavy (non-hydrogen) atoms. The molecule has 6 heteroatoms. The summed E-state index contributed by atoms with van der Waals surface area (Å²) in [7, 11) is 0. The summed E-state index contributed by atoms with van der Waals surface area (Å²) >= 11 is 3.95. The predicted molar refractivity (Wildman–Crippen MR) is 71.6 cm³/mol. The first-order valence-corrected chi connectivity index (χ1v) is 8.37. The Labute approximate surface area is 110 Å². The minimum absolute atomic E-state index is 0.473. The lowest BCUT2D eigenvalue weighted by atomic mass is 10.2. The summed E-state index contributed by atoms with van der Waals surface area (Å²) in [5.41, 5.74) is 0. The molecule has 2 aliphatic rings. The fourth-order valence-electron chi connectivity index (χ4n) is 2.22. The summed E-state index contributed by atoms with van der Waals surface area (Å²) in [6.07, 6.45) is 3.35. The van der Waals surface area contributed by atoms with Crippen molar-refractivity contribution in [1.82, 2.24) is 15.5 Å². The Bertz CT molecular complexity index is 359. The van der Waals surface area contributed by atoms with Crippen LogP contribution in [0.4, 0.5) is 0 Å². The summed E-state index contributed by atoms with van der Waals surface area (Å²) in [5.74, 6) is 5.30. The normalized spacial score (nSPS) is 29.6. The number of rotatable bonds is 3. The van der Waals surface area contributed by atoms with E-state index in [0.717, 1.165) is 30.4 Å². The van der Waals surface area contributed by atoms with Gasteiger partial charge >= 0.3 is 0 Å². The van der Waals surface area contributed by atoms with E-state index in [9.17, 15) is 0 Å². The number of aromatic nitrogens is 2. The maximum Gasteiger partial charge on any atom is 0.228 e. The van der Waals surface area contributed by atoms with E-state index >= 15 is 0 Å².